The zero-order valence-electron chi connectivity index (χ0n) is 17.7. The number of imidazole rings is 1. The van der Waals surface area contributed by atoms with E-state index in [9.17, 15) is 0 Å². The summed E-state index contributed by atoms with van der Waals surface area (Å²) in [7, 11) is 1.72. The number of ether oxygens (including phenoxy) is 1. The lowest BCUT2D eigenvalue weighted by Crippen LogP contribution is -2.18. The molecule has 3 aromatic heterocycles. The topological polar surface area (TPSA) is 83.4 Å². The summed E-state index contributed by atoms with van der Waals surface area (Å²) in [4.78, 5) is 11.8. The lowest BCUT2D eigenvalue weighted by Gasteiger charge is -2.21. The first-order chi connectivity index (χ1) is 15.8. The number of nitrogens with one attached hydrogen (secondary N) is 2. The summed E-state index contributed by atoms with van der Waals surface area (Å²) in [5, 5.41) is 11.7. The number of hydrogen-bond donors (Lipinski definition) is 2. The van der Waals surface area contributed by atoms with Gasteiger partial charge in [-0.05, 0) is 37.1 Å². The molecule has 0 radical (unpaired) electrons. The van der Waals surface area contributed by atoms with E-state index in [1.54, 1.807) is 13.3 Å². The smallest absolute Gasteiger partial charge is 0.180 e. The van der Waals surface area contributed by atoms with Crippen LogP contribution in [-0.2, 0) is 0 Å². The minimum Gasteiger partial charge on any atom is -0.495 e. The van der Waals surface area contributed by atoms with Crippen LogP contribution < -0.4 is 15.0 Å². The van der Waals surface area contributed by atoms with Gasteiger partial charge in [0.1, 0.15) is 5.75 Å². The molecule has 0 saturated carbocycles. The van der Waals surface area contributed by atoms with Gasteiger partial charge in [0.05, 0.1) is 30.2 Å². The molecular weight excluding hydrogens is 402 g/mol. The quantitative estimate of drug-likeness (QED) is 0.427. The maximum absolute atomic E-state index is 5.62. The van der Waals surface area contributed by atoms with Crippen molar-refractivity contribution >= 4 is 33.7 Å². The second-order valence-corrected chi connectivity index (χ2v) is 8.01. The van der Waals surface area contributed by atoms with E-state index in [0.717, 1.165) is 58.0 Å². The van der Waals surface area contributed by atoms with Crippen molar-refractivity contribution in [1.82, 2.24) is 24.6 Å². The molecular formula is C24H23N7O. The molecule has 1 fully saturated rings. The Balaban J connectivity index is 1.41. The van der Waals surface area contributed by atoms with Crippen LogP contribution in [0, 0.1) is 0 Å². The van der Waals surface area contributed by atoms with Crippen molar-refractivity contribution in [1.29, 1.82) is 0 Å². The molecule has 2 aromatic carbocycles. The predicted molar refractivity (Wildman–Crippen MR) is 126 cm³/mol. The highest BCUT2D eigenvalue weighted by atomic mass is 16.5. The van der Waals surface area contributed by atoms with Crippen LogP contribution in [-0.4, -0.2) is 44.8 Å². The minimum atomic E-state index is 0.703. The van der Waals surface area contributed by atoms with Crippen LogP contribution in [0.15, 0.2) is 61.2 Å². The zero-order valence-corrected chi connectivity index (χ0v) is 17.7. The van der Waals surface area contributed by atoms with Gasteiger partial charge in [0.25, 0.3) is 0 Å². The molecule has 5 aromatic rings. The van der Waals surface area contributed by atoms with Gasteiger partial charge in [-0.2, -0.15) is 5.10 Å². The summed E-state index contributed by atoms with van der Waals surface area (Å²) in [5.74, 6) is 1.59. The van der Waals surface area contributed by atoms with Gasteiger partial charge in [-0.1, -0.05) is 12.1 Å². The Morgan fingerprint density at radius 1 is 1.09 bits per heavy atom. The summed E-state index contributed by atoms with van der Waals surface area (Å²) < 4.78 is 7.61. The number of anilines is 3. The maximum Gasteiger partial charge on any atom is 0.180 e. The largest absolute Gasteiger partial charge is 0.495 e. The van der Waals surface area contributed by atoms with Crippen molar-refractivity contribution in [2.75, 3.05) is 30.4 Å². The van der Waals surface area contributed by atoms with Crippen LogP contribution in [0.4, 0.5) is 17.2 Å². The van der Waals surface area contributed by atoms with E-state index in [1.807, 2.05) is 41.2 Å². The number of aromatic nitrogens is 5. The number of benzene rings is 2. The van der Waals surface area contributed by atoms with Gasteiger partial charge in [-0.3, -0.25) is 5.10 Å². The number of fused-ring (bicyclic) bond motifs is 2. The van der Waals surface area contributed by atoms with Crippen molar-refractivity contribution < 1.29 is 4.74 Å². The van der Waals surface area contributed by atoms with E-state index in [-0.39, 0.29) is 0 Å². The highest BCUT2D eigenvalue weighted by Crippen LogP contribution is 2.35. The van der Waals surface area contributed by atoms with Gasteiger partial charge in [0.15, 0.2) is 11.5 Å². The van der Waals surface area contributed by atoms with Crippen molar-refractivity contribution in [3.8, 4) is 17.0 Å². The van der Waals surface area contributed by atoms with E-state index in [4.69, 9.17) is 9.72 Å². The van der Waals surface area contributed by atoms with E-state index < -0.39 is 0 Å². The Kier molecular flexibility index (Phi) is 4.41. The fourth-order valence-electron chi connectivity index (χ4n) is 4.36. The molecule has 4 heterocycles. The molecule has 6 rings (SSSR count). The molecule has 0 amide bonds. The van der Waals surface area contributed by atoms with Crippen LogP contribution in [0.2, 0.25) is 0 Å². The van der Waals surface area contributed by atoms with Gasteiger partial charge < -0.3 is 19.4 Å². The molecule has 2 N–H and O–H groups in total. The number of H-pyrrole nitrogens is 1. The van der Waals surface area contributed by atoms with Gasteiger partial charge >= 0.3 is 0 Å². The van der Waals surface area contributed by atoms with Crippen LogP contribution in [0.1, 0.15) is 12.8 Å². The predicted octanol–water partition coefficient (Wildman–Crippen LogP) is 4.63. The fourth-order valence-corrected chi connectivity index (χ4v) is 4.36. The second kappa shape index (κ2) is 7.56. The first kappa shape index (κ1) is 18.7. The average molecular weight is 425 g/mol. The van der Waals surface area contributed by atoms with Crippen molar-refractivity contribution in [3.05, 3.63) is 61.2 Å². The molecule has 0 aliphatic carbocycles. The summed E-state index contributed by atoms with van der Waals surface area (Å²) in [5.41, 5.74) is 5.67. The molecule has 8 heteroatoms. The molecule has 1 saturated heterocycles. The molecule has 0 unspecified atom stereocenters. The van der Waals surface area contributed by atoms with Crippen LogP contribution in [0.25, 0.3) is 27.8 Å². The Morgan fingerprint density at radius 3 is 2.88 bits per heavy atom. The second-order valence-electron chi connectivity index (χ2n) is 8.01. The summed E-state index contributed by atoms with van der Waals surface area (Å²) in [6, 6.07) is 12.3. The number of nitrogens with zero attached hydrogens (tertiary/aromatic N) is 5. The van der Waals surface area contributed by atoms with Crippen LogP contribution in [0.5, 0.6) is 5.75 Å². The third-order valence-electron chi connectivity index (χ3n) is 6.00. The molecule has 0 spiro atoms. The van der Waals surface area contributed by atoms with E-state index in [0.29, 0.717) is 5.82 Å². The Morgan fingerprint density at radius 2 is 2.00 bits per heavy atom. The summed E-state index contributed by atoms with van der Waals surface area (Å²) in [6.45, 7) is 2.10. The molecule has 0 bridgehead atoms. The lowest BCUT2D eigenvalue weighted by atomic mass is 10.1. The third kappa shape index (κ3) is 3.20. The third-order valence-corrected chi connectivity index (χ3v) is 6.00. The Hall–Kier alpha value is -4.07. The number of aromatic amines is 1. The van der Waals surface area contributed by atoms with Crippen molar-refractivity contribution in [3.63, 3.8) is 0 Å². The van der Waals surface area contributed by atoms with Crippen LogP contribution >= 0.6 is 0 Å². The van der Waals surface area contributed by atoms with E-state index in [1.165, 1.54) is 12.8 Å². The van der Waals surface area contributed by atoms with Gasteiger partial charge in [-0.25, -0.2) is 9.97 Å². The number of hydrogen-bond acceptors (Lipinski definition) is 6. The molecule has 1 aliphatic rings. The Bertz CT molecular complexity index is 1410. The zero-order chi connectivity index (χ0) is 21.5. The number of methoxy groups -OCH3 is 1. The van der Waals surface area contributed by atoms with Crippen molar-refractivity contribution in [2.24, 2.45) is 0 Å². The van der Waals surface area contributed by atoms with Crippen molar-refractivity contribution in [2.45, 2.75) is 12.8 Å². The standard InChI is InChI=1S/C24H23N7O/c1-32-22-7-6-18(13-21(22)30-9-2-3-10-30)27-23-24-25-8-11-31(24)15-20(28-23)16-4-5-17-14-26-29-19(17)12-16/h4-8,11-15H,2-3,9-10H2,1H3,(H,26,29)(H,27,28). The first-order valence-electron chi connectivity index (χ1n) is 10.8. The SMILES string of the molecule is COc1ccc(Nc2nc(-c3ccc4cn[nH]c4c3)cn3ccnc23)cc1N1CCCC1. The van der Waals surface area contributed by atoms with E-state index >= 15 is 0 Å². The average Bonchev–Trinajstić information content (AvgIpc) is 3.60. The Labute approximate surface area is 184 Å². The monoisotopic (exact) mass is 425 g/mol. The van der Waals surface area contributed by atoms with Gasteiger partial charge in [0, 0.05) is 48.3 Å². The highest BCUT2D eigenvalue weighted by Gasteiger charge is 2.18. The van der Waals surface area contributed by atoms with Gasteiger partial charge in [0.2, 0.25) is 0 Å². The number of rotatable bonds is 5. The molecule has 1 aliphatic heterocycles. The van der Waals surface area contributed by atoms with E-state index in [2.05, 4.69) is 43.6 Å². The van der Waals surface area contributed by atoms with Gasteiger partial charge in [-0.15, -0.1) is 0 Å². The molecule has 8 nitrogen and oxygen atoms in total. The highest BCUT2D eigenvalue weighted by molar-refractivity contribution is 5.84. The lowest BCUT2D eigenvalue weighted by molar-refractivity contribution is 0.415. The van der Waals surface area contributed by atoms with Crippen LogP contribution in [0.3, 0.4) is 0 Å². The maximum atomic E-state index is 5.62. The molecule has 32 heavy (non-hydrogen) atoms. The summed E-state index contributed by atoms with van der Waals surface area (Å²) >= 11 is 0. The normalized spacial score (nSPS) is 13.8. The molecule has 0 atom stereocenters. The molecule has 160 valence electrons. The summed E-state index contributed by atoms with van der Waals surface area (Å²) in [6.07, 6.45) is 9.95. The fraction of sp³-hybridized carbons (Fsp3) is 0.208. The first-order valence-corrected chi connectivity index (χ1v) is 10.8. The minimum absolute atomic E-state index is 0.703.